The second kappa shape index (κ2) is 4.75. The molecule has 1 N–H and O–H groups in total. The number of rotatable bonds is 3. The van der Waals surface area contributed by atoms with E-state index in [0.29, 0.717) is 0 Å². The zero-order valence-electron chi connectivity index (χ0n) is 11.8. The molecule has 1 aromatic rings. The zero-order chi connectivity index (χ0) is 13.3. The number of carbonyl (C=O) groups excluding carboxylic acids is 1. The van der Waals surface area contributed by atoms with E-state index in [1.165, 1.54) is 11.1 Å². The Balaban J connectivity index is 2.02. The lowest BCUT2D eigenvalue weighted by Gasteiger charge is -2.20. The molecule has 0 heterocycles. The summed E-state index contributed by atoms with van der Waals surface area (Å²) in [6.45, 7) is 8.67. The van der Waals surface area contributed by atoms with E-state index in [-0.39, 0.29) is 23.3 Å². The van der Waals surface area contributed by atoms with Gasteiger partial charge in [0.1, 0.15) is 0 Å². The third-order valence-corrected chi connectivity index (χ3v) is 3.58. The molecule has 0 aromatic heterocycles. The van der Waals surface area contributed by atoms with Crippen molar-refractivity contribution in [1.29, 1.82) is 0 Å². The van der Waals surface area contributed by atoms with E-state index < -0.39 is 0 Å². The molecule has 0 radical (unpaired) electrons. The Labute approximate surface area is 110 Å². The summed E-state index contributed by atoms with van der Waals surface area (Å²) in [5, 5.41) is 3.08. The molecule has 0 aliphatic heterocycles. The van der Waals surface area contributed by atoms with E-state index in [0.717, 1.165) is 12.8 Å². The molecule has 1 saturated carbocycles. The van der Waals surface area contributed by atoms with Crippen LogP contribution in [0.5, 0.6) is 0 Å². The van der Waals surface area contributed by atoms with Crippen molar-refractivity contribution in [3.63, 3.8) is 0 Å². The average Bonchev–Trinajstić information content (AvgIpc) is 3.11. The second-order valence-corrected chi connectivity index (χ2v) is 6.38. The van der Waals surface area contributed by atoms with Gasteiger partial charge in [0.05, 0.1) is 6.04 Å². The van der Waals surface area contributed by atoms with Crippen LogP contribution in [0.4, 0.5) is 0 Å². The maximum atomic E-state index is 11.7. The minimum Gasteiger partial charge on any atom is -0.349 e. The van der Waals surface area contributed by atoms with E-state index in [2.05, 4.69) is 50.4 Å². The molecular formula is C16H23NO. The average molecular weight is 245 g/mol. The van der Waals surface area contributed by atoms with Crippen molar-refractivity contribution in [1.82, 2.24) is 5.32 Å². The molecular weight excluding hydrogens is 222 g/mol. The molecule has 1 aliphatic carbocycles. The van der Waals surface area contributed by atoms with Gasteiger partial charge in [-0.25, -0.2) is 0 Å². The molecule has 18 heavy (non-hydrogen) atoms. The van der Waals surface area contributed by atoms with Crippen molar-refractivity contribution in [2.75, 3.05) is 0 Å². The molecule has 98 valence electrons. The summed E-state index contributed by atoms with van der Waals surface area (Å²) >= 11 is 0. The van der Waals surface area contributed by atoms with Crippen LogP contribution < -0.4 is 5.32 Å². The van der Waals surface area contributed by atoms with Gasteiger partial charge in [0, 0.05) is 5.92 Å². The minimum atomic E-state index is 0.104. The fourth-order valence-corrected chi connectivity index (χ4v) is 2.03. The summed E-state index contributed by atoms with van der Waals surface area (Å²) in [5.41, 5.74) is 2.68. The van der Waals surface area contributed by atoms with Gasteiger partial charge in [-0.2, -0.15) is 0 Å². The molecule has 2 nitrogen and oxygen atoms in total. The maximum absolute atomic E-state index is 11.7. The number of carbonyl (C=O) groups is 1. The van der Waals surface area contributed by atoms with Crippen LogP contribution >= 0.6 is 0 Å². The molecule has 2 rings (SSSR count). The number of hydrogen-bond acceptors (Lipinski definition) is 1. The van der Waals surface area contributed by atoms with Crippen molar-refractivity contribution in [2.24, 2.45) is 5.92 Å². The highest BCUT2D eigenvalue weighted by atomic mass is 16.2. The summed E-state index contributed by atoms with van der Waals surface area (Å²) in [7, 11) is 0. The zero-order valence-corrected chi connectivity index (χ0v) is 11.8. The van der Waals surface area contributed by atoms with Gasteiger partial charge in [0.15, 0.2) is 0 Å². The first-order chi connectivity index (χ1) is 8.38. The van der Waals surface area contributed by atoms with Crippen LogP contribution in [0.2, 0.25) is 0 Å². The Morgan fingerprint density at radius 1 is 1.22 bits per heavy atom. The smallest absolute Gasteiger partial charge is 0.223 e. The highest BCUT2D eigenvalue weighted by molar-refractivity contribution is 5.81. The molecule has 0 saturated heterocycles. The number of hydrogen-bond donors (Lipinski definition) is 1. The van der Waals surface area contributed by atoms with Crippen molar-refractivity contribution >= 4 is 5.91 Å². The van der Waals surface area contributed by atoms with Crippen LogP contribution in [0.1, 0.15) is 57.7 Å². The van der Waals surface area contributed by atoms with Gasteiger partial charge in [0.25, 0.3) is 0 Å². The predicted octanol–water partition coefficient (Wildman–Crippen LogP) is 3.57. The molecule has 0 spiro atoms. The summed E-state index contributed by atoms with van der Waals surface area (Å²) in [4.78, 5) is 11.7. The highest BCUT2D eigenvalue weighted by Gasteiger charge is 2.30. The molecule has 2 heteroatoms. The van der Waals surface area contributed by atoms with Gasteiger partial charge in [-0.15, -0.1) is 0 Å². The monoisotopic (exact) mass is 245 g/mol. The van der Waals surface area contributed by atoms with Crippen molar-refractivity contribution < 1.29 is 4.79 Å². The van der Waals surface area contributed by atoms with Gasteiger partial charge in [-0.05, 0) is 36.3 Å². The Morgan fingerprint density at radius 2 is 1.78 bits per heavy atom. The van der Waals surface area contributed by atoms with E-state index in [4.69, 9.17) is 0 Å². The first kappa shape index (κ1) is 13.1. The number of benzene rings is 1. The second-order valence-electron chi connectivity index (χ2n) is 6.38. The maximum Gasteiger partial charge on any atom is 0.223 e. The molecule has 1 fully saturated rings. The quantitative estimate of drug-likeness (QED) is 0.866. The summed E-state index contributed by atoms with van der Waals surface area (Å²) in [5.74, 6) is 0.490. The lowest BCUT2D eigenvalue weighted by Crippen LogP contribution is -2.27. The molecule has 0 unspecified atom stereocenters. The van der Waals surface area contributed by atoms with E-state index >= 15 is 0 Å². The van der Waals surface area contributed by atoms with Crippen LogP contribution in [-0.2, 0) is 10.2 Å². The van der Waals surface area contributed by atoms with E-state index in [9.17, 15) is 4.79 Å². The summed E-state index contributed by atoms with van der Waals surface area (Å²) in [6, 6.07) is 8.67. The SMILES string of the molecule is C[C@H](NC(=O)C1CC1)c1ccc(C(C)(C)C)cc1. The molecule has 1 aromatic carbocycles. The first-order valence-electron chi connectivity index (χ1n) is 6.79. The summed E-state index contributed by atoms with van der Waals surface area (Å²) < 4.78 is 0. The van der Waals surface area contributed by atoms with Crippen molar-refractivity contribution in [2.45, 2.75) is 52.0 Å². The van der Waals surface area contributed by atoms with Gasteiger partial charge >= 0.3 is 0 Å². The van der Waals surface area contributed by atoms with Gasteiger partial charge in [-0.1, -0.05) is 45.0 Å². The molecule has 1 atom stereocenters. The van der Waals surface area contributed by atoms with Crippen molar-refractivity contribution in [3.05, 3.63) is 35.4 Å². The highest BCUT2D eigenvalue weighted by Crippen LogP contribution is 2.30. The Bertz CT molecular complexity index is 423. The third-order valence-electron chi connectivity index (χ3n) is 3.58. The van der Waals surface area contributed by atoms with Gasteiger partial charge in [0.2, 0.25) is 5.91 Å². The summed E-state index contributed by atoms with van der Waals surface area (Å²) in [6.07, 6.45) is 2.11. The van der Waals surface area contributed by atoms with Crippen LogP contribution in [0.15, 0.2) is 24.3 Å². The fourth-order valence-electron chi connectivity index (χ4n) is 2.03. The standard InChI is InChI=1S/C16H23NO/c1-11(17-15(18)13-5-6-13)12-7-9-14(10-8-12)16(2,3)4/h7-11,13H,5-6H2,1-4H3,(H,17,18)/t11-/m0/s1. The number of nitrogens with one attached hydrogen (secondary N) is 1. The third kappa shape index (κ3) is 3.12. The van der Waals surface area contributed by atoms with Crippen molar-refractivity contribution in [3.8, 4) is 0 Å². The molecule has 0 bridgehead atoms. The van der Waals surface area contributed by atoms with E-state index in [1.807, 2.05) is 6.92 Å². The van der Waals surface area contributed by atoms with Crippen LogP contribution in [-0.4, -0.2) is 5.91 Å². The van der Waals surface area contributed by atoms with Crippen LogP contribution in [0, 0.1) is 5.92 Å². The molecule has 1 aliphatic rings. The Hall–Kier alpha value is -1.31. The minimum absolute atomic E-state index is 0.104. The molecule has 1 amide bonds. The van der Waals surface area contributed by atoms with Crippen LogP contribution in [0.25, 0.3) is 0 Å². The normalized spacial score (nSPS) is 17.3. The number of amides is 1. The Morgan fingerprint density at radius 3 is 2.22 bits per heavy atom. The Kier molecular flexibility index (Phi) is 3.47. The first-order valence-corrected chi connectivity index (χ1v) is 6.79. The lowest BCUT2D eigenvalue weighted by atomic mass is 9.86. The topological polar surface area (TPSA) is 29.1 Å². The van der Waals surface area contributed by atoms with Crippen LogP contribution in [0.3, 0.4) is 0 Å². The fraction of sp³-hybridized carbons (Fsp3) is 0.562. The largest absolute Gasteiger partial charge is 0.349 e. The lowest BCUT2D eigenvalue weighted by molar-refractivity contribution is -0.122. The predicted molar refractivity (Wildman–Crippen MR) is 74.4 cm³/mol. The van der Waals surface area contributed by atoms with E-state index in [1.54, 1.807) is 0 Å². The van der Waals surface area contributed by atoms with Gasteiger partial charge < -0.3 is 5.32 Å². The van der Waals surface area contributed by atoms with Gasteiger partial charge in [-0.3, -0.25) is 4.79 Å².